The van der Waals surface area contributed by atoms with Crippen molar-refractivity contribution in [3.63, 3.8) is 0 Å². The summed E-state index contributed by atoms with van der Waals surface area (Å²) in [6, 6.07) is 23.2. The molecule has 0 fully saturated rings. The van der Waals surface area contributed by atoms with Crippen molar-refractivity contribution in [2.75, 3.05) is 0 Å². The molecule has 0 amide bonds. The second-order valence-corrected chi connectivity index (χ2v) is 7.42. The lowest BCUT2D eigenvalue weighted by Crippen LogP contribution is -2.11. The Hall–Kier alpha value is -2.80. The fourth-order valence-corrected chi connectivity index (χ4v) is 3.84. The number of aromatic nitrogens is 1. The highest BCUT2D eigenvalue weighted by molar-refractivity contribution is 6.21. The standard InChI is InChI=1S/C14H14O.C10H9NO.Al/c1-10-6-11(2)8-13(7-10)12-4-3-5-14(15)9-12;1-7-5-6-8-3-2-4-9(12)10(8)11-7;/h3-9,15H,1-2H3;2-6,12H,1H3;/q;;+2/p-2/i;1D3;. The summed E-state index contributed by atoms with van der Waals surface area (Å²) >= 11 is -0.855. The molecule has 4 rings (SSSR count). The fourth-order valence-electron chi connectivity index (χ4n) is 3.24. The van der Waals surface area contributed by atoms with Crippen LogP contribution < -0.4 is 7.58 Å². The number of nitrogens with zero attached hydrogens (tertiary/aromatic N) is 1. The van der Waals surface area contributed by atoms with E-state index in [0.29, 0.717) is 11.3 Å². The van der Waals surface area contributed by atoms with Crippen LogP contribution in [0.1, 0.15) is 20.9 Å². The van der Waals surface area contributed by atoms with Gasteiger partial charge in [-0.25, -0.2) is 4.98 Å². The van der Waals surface area contributed by atoms with E-state index in [1.807, 2.05) is 30.3 Å². The van der Waals surface area contributed by atoms with Gasteiger partial charge >= 0.3 is 15.9 Å². The Labute approximate surface area is 176 Å². The lowest BCUT2D eigenvalue weighted by Gasteiger charge is -2.12. The fraction of sp³-hybridized carbons (Fsp3) is 0.125. The smallest absolute Gasteiger partial charge is 0.616 e. The number of benzene rings is 3. The minimum Gasteiger partial charge on any atom is -0.616 e. The van der Waals surface area contributed by atoms with Crippen molar-refractivity contribution in [3.05, 3.63) is 89.6 Å². The zero-order valence-corrected chi connectivity index (χ0v) is 16.9. The number of hydrogen-bond acceptors (Lipinski definition) is 3. The molecule has 0 saturated heterocycles. The number of rotatable bonds is 5. The van der Waals surface area contributed by atoms with E-state index in [1.165, 1.54) is 17.2 Å². The van der Waals surface area contributed by atoms with Crippen LogP contribution in [-0.2, 0) is 0 Å². The highest BCUT2D eigenvalue weighted by atomic mass is 27.2. The van der Waals surface area contributed by atoms with E-state index in [0.717, 1.165) is 22.3 Å². The third-order valence-corrected chi connectivity index (χ3v) is 5.15. The van der Waals surface area contributed by atoms with E-state index in [2.05, 4.69) is 43.1 Å². The molecule has 1 radical (unpaired) electrons. The Morgan fingerprint density at radius 3 is 2.46 bits per heavy atom. The van der Waals surface area contributed by atoms with Crippen molar-refractivity contribution < 1.29 is 11.7 Å². The summed E-state index contributed by atoms with van der Waals surface area (Å²) in [6.45, 7) is 1.91. The second-order valence-electron chi connectivity index (χ2n) is 6.76. The lowest BCUT2D eigenvalue weighted by molar-refractivity contribution is 0.461. The van der Waals surface area contributed by atoms with Crippen molar-refractivity contribution in [2.24, 2.45) is 0 Å². The maximum absolute atomic E-state index is 7.60. The van der Waals surface area contributed by atoms with Crippen LogP contribution in [0.4, 0.5) is 0 Å². The van der Waals surface area contributed by atoms with Crippen LogP contribution in [0.15, 0.2) is 72.8 Å². The van der Waals surface area contributed by atoms with Crippen molar-refractivity contribution in [2.45, 2.75) is 20.7 Å². The normalized spacial score (nSPS) is 12.7. The molecular formula is C24H21AlNO2. The summed E-state index contributed by atoms with van der Waals surface area (Å²) in [5.41, 5.74) is 5.24. The average Bonchev–Trinajstić information content (AvgIpc) is 2.72. The Bertz CT molecular complexity index is 1220. The van der Waals surface area contributed by atoms with Crippen LogP contribution in [0.3, 0.4) is 0 Å². The SMILES string of the molecule is [2H]C([2H])([2H])c1ccc2cccc([O][Al][O]c3cccc(-c4cc(C)cc(C)c4)c3)c2n1. The zero-order valence-electron chi connectivity index (χ0n) is 18.8. The van der Waals surface area contributed by atoms with E-state index >= 15 is 0 Å². The summed E-state index contributed by atoms with van der Waals surface area (Å²) in [5, 5.41) is 0.821. The van der Waals surface area contributed by atoms with Crippen LogP contribution >= 0.6 is 0 Å². The minimum absolute atomic E-state index is 0.0492. The number of para-hydroxylation sites is 1. The second kappa shape index (κ2) is 8.06. The summed E-state index contributed by atoms with van der Waals surface area (Å²) in [6.07, 6.45) is 0. The lowest BCUT2D eigenvalue weighted by atomic mass is 10.0. The van der Waals surface area contributed by atoms with Crippen molar-refractivity contribution in [1.82, 2.24) is 4.98 Å². The largest absolute Gasteiger partial charge is 0.881 e. The van der Waals surface area contributed by atoms with E-state index in [9.17, 15) is 0 Å². The first-order valence-electron chi connectivity index (χ1n) is 10.5. The van der Waals surface area contributed by atoms with Crippen LogP contribution in [0.5, 0.6) is 11.5 Å². The maximum Gasteiger partial charge on any atom is 0.881 e. The first-order valence-corrected chi connectivity index (χ1v) is 9.98. The average molecular weight is 385 g/mol. The molecule has 4 aromatic rings. The molecule has 1 aromatic heterocycles. The monoisotopic (exact) mass is 385 g/mol. The molecule has 137 valence electrons. The Balaban J connectivity index is 1.51. The van der Waals surface area contributed by atoms with Gasteiger partial charge in [0, 0.05) is 15.2 Å². The van der Waals surface area contributed by atoms with Crippen molar-refractivity contribution >= 4 is 26.8 Å². The van der Waals surface area contributed by atoms with Crippen LogP contribution in [0.2, 0.25) is 0 Å². The Kier molecular flexibility index (Phi) is 4.37. The first-order chi connectivity index (χ1) is 14.8. The van der Waals surface area contributed by atoms with Gasteiger partial charge in [0.25, 0.3) is 0 Å². The molecule has 0 aliphatic rings. The first kappa shape index (κ1) is 15.2. The van der Waals surface area contributed by atoms with Gasteiger partial charge in [-0.05, 0) is 56.1 Å². The van der Waals surface area contributed by atoms with Gasteiger partial charge in [0.15, 0.2) is 0 Å². The highest BCUT2D eigenvalue weighted by Crippen LogP contribution is 2.27. The third kappa shape index (κ3) is 4.20. The summed E-state index contributed by atoms with van der Waals surface area (Å²) < 4.78 is 34.6. The highest BCUT2D eigenvalue weighted by Gasteiger charge is 2.10. The van der Waals surface area contributed by atoms with E-state index in [-0.39, 0.29) is 5.69 Å². The van der Waals surface area contributed by atoms with Gasteiger partial charge in [0.1, 0.15) is 11.3 Å². The van der Waals surface area contributed by atoms with Gasteiger partial charge in [-0.1, -0.05) is 59.7 Å². The predicted molar refractivity (Wildman–Crippen MR) is 115 cm³/mol. The predicted octanol–water partition coefficient (Wildman–Crippen LogP) is 5.82. The van der Waals surface area contributed by atoms with Crippen molar-refractivity contribution in [1.29, 1.82) is 0 Å². The van der Waals surface area contributed by atoms with E-state index < -0.39 is 22.7 Å². The molecule has 3 nitrogen and oxygen atoms in total. The van der Waals surface area contributed by atoms with Crippen LogP contribution in [0.25, 0.3) is 22.0 Å². The minimum atomic E-state index is -2.26. The summed E-state index contributed by atoms with van der Waals surface area (Å²) in [4.78, 5) is 4.31. The molecule has 4 heteroatoms. The quantitative estimate of drug-likeness (QED) is 0.406. The van der Waals surface area contributed by atoms with E-state index in [1.54, 1.807) is 12.1 Å². The van der Waals surface area contributed by atoms with Gasteiger partial charge in [0.2, 0.25) is 0 Å². The van der Waals surface area contributed by atoms with Gasteiger partial charge in [-0.2, -0.15) is 0 Å². The summed E-state index contributed by atoms with van der Waals surface area (Å²) in [7, 11) is 0. The van der Waals surface area contributed by atoms with Crippen LogP contribution in [0, 0.1) is 20.7 Å². The Morgan fingerprint density at radius 2 is 1.64 bits per heavy atom. The molecule has 0 saturated carbocycles. The van der Waals surface area contributed by atoms with E-state index in [4.69, 9.17) is 11.7 Å². The summed E-state index contributed by atoms with van der Waals surface area (Å²) in [5.74, 6) is 1.24. The maximum atomic E-state index is 7.60. The molecule has 1 heterocycles. The molecule has 0 spiro atoms. The third-order valence-electron chi connectivity index (χ3n) is 4.43. The molecule has 0 aliphatic carbocycles. The molecule has 3 aromatic carbocycles. The molecular weight excluding hydrogens is 361 g/mol. The van der Waals surface area contributed by atoms with Crippen LogP contribution in [-0.4, -0.2) is 20.9 Å². The molecule has 0 N–H and O–H groups in total. The molecule has 0 atom stereocenters. The zero-order chi connectivity index (χ0) is 22.0. The Morgan fingerprint density at radius 1 is 0.821 bits per heavy atom. The number of aryl methyl sites for hydroxylation is 3. The van der Waals surface area contributed by atoms with Gasteiger partial charge in [0.05, 0.1) is 5.75 Å². The molecule has 28 heavy (non-hydrogen) atoms. The number of hydrogen-bond donors (Lipinski definition) is 0. The van der Waals surface area contributed by atoms with Gasteiger partial charge < -0.3 is 7.58 Å². The van der Waals surface area contributed by atoms with Crippen molar-refractivity contribution in [3.8, 4) is 22.6 Å². The molecule has 0 bridgehead atoms. The van der Waals surface area contributed by atoms with Gasteiger partial charge in [-0.3, -0.25) is 0 Å². The molecule has 0 unspecified atom stereocenters. The number of fused-ring (bicyclic) bond motifs is 1. The topological polar surface area (TPSA) is 31.4 Å². The molecule has 0 aliphatic heterocycles. The number of pyridine rings is 1. The van der Waals surface area contributed by atoms with Gasteiger partial charge in [-0.15, -0.1) is 0 Å².